The van der Waals surface area contributed by atoms with Gasteiger partial charge < -0.3 is 5.11 Å². The van der Waals surface area contributed by atoms with Gasteiger partial charge in [0.15, 0.2) is 0 Å². The van der Waals surface area contributed by atoms with Gasteiger partial charge in [-0.05, 0) is 27.3 Å². The number of aliphatic hydroxyl groups is 1. The van der Waals surface area contributed by atoms with E-state index in [1.807, 2.05) is 5.38 Å². The highest BCUT2D eigenvalue weighted by Crippen LogP contribution is 2.29. The normalized spacial score (nSPS) is 13.1. The second-order valence-corrected chi connectivity index (χ2v) is 6.95. The zero-order valence-electron chi connectivity index (χ0n) is 12.4. The van der Waals surface area contributed by atoms with E-state index in [2.05, 4.69) is 42.7 Å². The summed E-state index contributed by atoms with van der Waals surface area (Å²) in [7, 11) is 2.11. The Balaban J connectivity index is 2.07. The first kappa shape index (κ1) is 15.6. The van der Waals surface area contributed by atoms with Crippen molar-refractivity contribution in [3.8, 4) is 0 Å². The van der Waals surface area contributed by atoms with Crippen molar-refractivity contribution in [1.82, 2.24) is 14.9 Å². The molecule has 2 aromatic heterocycles. The van der Waals surface area contributed by atoms with Crippen LogP contribution in [0.15, 0.2) is 5.38 Å². The molecule has 0 bridgehead atoms. The SMILES string of the molecule is CCc1nc(C)c(C(C)N(C)Cc2nc(CO)cs2)s1. The molecule has 110 valence electrons. The maximum Gasteiger partial charge on any atom is 0.107 e. The summed E-state index contributed by atoms with van der Waals surface area (Å²) in [5.74, 6) is 0. The van der Waals surface area contributed by atoms with Crippen LogP contribution in [0, 0.1) is 6.92 Å². The molecule has 1 N–H and O–H groups in total. The van der Waals surface area contributed by atoms with Gasteiger partial charge in [0.1, 0.15) is 5.01 Å². The third kappa shape index (κ3) is 3.44. The van der Waals surface area contributed by atoms with Crippen LogP contribution in [0.1, 0.15) is 46.2 Å². The molecule has 1 atom stereocenters. The summed E-state index contributed by atoms with van der Waals surface area (Å²) in [6, 6.07) is 0.328. The Kier molecular flexibility index (Phi) is 5.26. The van der Waals surface area contributed by atoms with Gasteiger partial charge in [-0.1, -0.05) is 6.92 Å². The van der Waals surface area contributed by atoms with Crippen molar-refractivity contribution in [2.24, 2.45) is 0 Å². The fraction of sp³-hybridized carbons (Fsp3) is 0.571. The number of hydrogen-bond acceptors (Lipinski definition) is 6. The zero-order valence-corrected chi connectivity index (χ0v) is 14.0. The van der Waals surface area contributed by atoms with E-state index in [4.69, 9.17) is 5.11 Å². The highest BCUT2D eigenvalue weighted by molar-refractivity contribution is 7.11. The number of aryl methyl sites for hydroxylation is 2. The summed E-state index contributed by atoms with van der Waals surface area (Å²) < 4.78 is 0. The predicted molar refractivity (Wildman–Crippen MR) is 84.1 cm³/mol. The van der Waals surface area contributed by atoms with Crippen molar-refractivity contribution in [1.29, 1.82) is 0 Å². The van der Waals surface area contributed by atoms with Crippen LogP contribution in [-0.4, -0.2) is 27.0 Å². The Morgan fingerprint density at radius 1 is 1.35 bits per heavy atom. The molecule has 0 aliphatic heterocycles. The molecule has 0 saturated heterocycles. The fourth-order valence-electron chi connectivity index (χ4n) is 2.05. The summed E-state index contributed by atoms with van der Waals surface area (Å²) in [6.45, 7) is 7.25. The standard InChI is InChI=1S/C14H21N3OS2/c1-5-12-15-9(2)14(20-12)10(3)17(4)6-13-16-11(7-18)8-19-13/h8,10,18H,5-7H2,1-4H3. The number of rotatable bonds is 6. The Hall–Kier alpha value is -0.820. The van der Waals surface area contributed by atoms with Gasteiger partial charge in [-0.25, -0.2) is 9.97 Å². The molecule has 0 fully saturated rings. The van der Waals surface area contributed by atoms with Gasteiger partial charge in [-0.3, -0.25) is 4.90 Å². The van der Waals surface area contributed by atoms with E-state index in [9.17, 15) is 0 Å². The topological polar surface area (TPSA) is 49.2 Å². The molecular formula is C14H21N3OS2. The lowest BCUT2D eigenvalue weighted by Gasteiger charge is -2.23. The summed E-state index contributed by atoms with van der Waals surface area (Å²) in [5, 5.41) is 13.2. The Morgan fingerprint density at radius 3 is 2.65 bits per heavy atom. The molecule has 0 spiro atoms. The predicted octanol–water partition coefficient (Wildman–Crippen LogP) is 3.16. The van der Waals surface area contributed by atoms with E-state index in [-0.39, 0.29) is 6.61 Å². The number of hydrogen-bond donors (Lipinski definition) is 1. The average Bonchev–Trinajstić information content (AvgIpc) is 3.04. The average molecular weight is 311 g/mol. The summed E-state index contributed by atoms with van der Waals surface area (Å²) in [5.41, 5.74) is 1.90. The largest absolute Gasteiger partial charge is 0.390 e. The highest BCUT2D eigenvalue weighted by atomic mass is 32.1. The maximum absolute atomic E-state index is 9.06. The van der Waals surface area contributed by atoms with E-state index < -0.39 is 0 Å². The summed E-state index contributed by atoms with van der Waals surface area (Å²) in [6.07, 6.45) is 0.994. The quantitative estimate of drug-likeness (QED) is 0.890. The number of nitrogens with zero attached hydrogens (tertiary/aromatic N) is 3. The Morgan fingerprint density at radius 2 is 2.10 bits per heavy atom. The molecule has 6 heteroatoms. The van der Waals surface area contributed by atoms with E-state index in [1.54, 1.807) is 22.7 Å². The first-order chi connectivity index (χ1) is 9.55. The minimum absolute atomic E-state index is 0.0174. The summed E-state index contributed by atoms with van der Waals surface area (Å²) in [4.78, 5) is 12.6. The molecule has 0 aliphatic carbocycles. The van der Waals surface area contributed by atoms with Gasteiger partial charge >= 0.3 is 0 Å². The summed E-state index contributed by atoms with van der Waals surface area (Å²) >= 11 is 3.41. The van der Waals surface area contributed by atoms with E-state index in [1.165, 1.54) is 9.88 Å². The van der Waals surface area contributed by atoms with E-state index in [0.717, 1.165) is 29.4 Å². The van der Waals surface area contributed by atoms with Crippen molar-refractivity contribution < 1.29 is 5.11 Å². The minimum atomic E-state index is 0.0174. The molecule has 0 amide bonds. The van der Waals surface area contributed by atoms with Crippen molar-refractivity contribution >= 4 is 22.7 Å². The van der Waals surface area contributed by atoms with Crippen LogP contribution in [0.25, 0.3) is 0 Å². The lowest BCUT2D eigenvalue weighted by Crippen LogP contribution is -2.21. The third-order valence-electron chi connectivity index (χ3n) is 3.37. The molecule has 0 radical (unpaired) electrons. The molecule has 2 aromatic rings. The van der Waals surface area contributed by atoms with Crippen LogP contribution in [0.4, 0.5) is 0 Å². The lowest BCUT2D eigenvalue weighted by molar-refractivity contribution is 0.253. The van der Waals surface area contributed by atoms with Crippen molar-refractivity contribution in [2.45, 2.75) is 46.4 Å². The van der Waals surface area contributed by atoms with Crippen molar-refractivity contribution in [3.05, 3.63) is 31.7 Å². The second-order valence-electron chi connectivity index (χ2n) is 4.89. The molecule has 20 heavy (non-hydrogen) atoms. The molecule has 4 nitrogen and oxygen atoms in total. The Bertz CT molecular complexity index is 565. The fourth-order valence-corrected chi connectivity index (χ4v) is 4.02. The number of aliphatic hydroxyl groups excluding tert-OH is 1. The van der Waals surface area contributed by atoms with Crippen LogP contribution >= 0.6 is 22.7 Å². The molecule has 2 heterocycles. The second kappa shape index (κ2) is 6.76. The van der Waals surface area contributed by atoms with Gasteiger partial charge in [0.25, 0.3) is 0 Å². The first-order valence-corrected chi connectivity index (χ1v) is 8.45. The van der Waals surface area contributed by atoms with Crippen LogP contribution in [0.2, 0.25) is 0 Å². The first-order valence-electron chi connectivity index (χ1n) is 6.75. The lowest BCUT2D eigenvalue weighted by atomic mass is 10.2. The van der Waals surface area contributed by atoms with Gasteiger partial charge in [-0.2, -0.15) is 0 Å². The number of aromatic nitrogens is 2. The van der Waals surface area contributed by atoms with Gasteiger partial charge in [0, 0.05) is 16.3 Å². The zero-order chi connectivity index (χ0) is 14.7. The molecule has 0 aromatic carbocycles. The van der Waals surface area contributed by atoms with E-state index in [0.29, 0.717) is 6.04 Å². The molecule has 2 rings (SSSR count). The van der Waals surface area contributed by atoms with Gasteiger partial charge in [0.2, 0.25) is 0 Å². The van der Waals surface area contributed by atoms with Gasteiger partial charge in [-0.15, -0.1) is 22.7 Å². The van der Waals surface area contributed by atoms with E-state index >= 15 is 0 Å². The third-order valence-corrected chi connectivity index (χ3v) is 5.72. The molecule has 1 unspecified atom stereocenters. The number of thiazole rings is 2. The van der Waals surface area contributed by atoms with Crippen LogP contribution in [0.3, 0.4) is 0 Å². The Labute approximate surface area is 128 Å². The van der Waals surface area contributed by atoms with Crippen molar-refractivity contribution in [3.63, 3.8) is 0 Å². The molecule has 0 saturated carbocycles. The van der Waals surface area contributed by atoms with Crippen molar-refractivity contribution in [2.75, 3.05) is 7.05 Å². The molecule has 0 aliphatic rings. The maximum atomic E-state index is 9.06. The van der Waals surface area contributed by atoms with Gasteiger partial charge in [0.05, 0.1) is 29.5 Å². The van der Waals surface area contributed by atoms with Crippen LogP contribution < -0.4 is 0 Å². The van der Waals surface area contributed by atoms with Crippen LogP contribution in [-0.2, 0) is 19.6 Å². The monoisotopic (exact) mass is 311 g/mol. The molecular weight excluding hydrogens is 290 g/mol. The van der Waals surface area contributed by atoms with Crippen LogP contribution in [0.5, 0.6) is 0 Å². The minimum Gasteiger partial charge on any atom is -0.390 e. The highest BCUT2D eigenvalue weighted by Gasteiger charge is 2.19. The smallest absolute Gasteiger partial charge is 0.107 e.